The Morgan fingerprint density at radius 2 is 1.85 bits per heavy atom. The Morgan fingerprint density at radius 1 is 1.25 bits per heavy atom. The maximum absolute atomic E-state index is 11.2. The van der Waals surface area contributed by atoms with Gasteiger partial charge in [0.2, 0.25) is 0 Å². The van der Waals surface area contributed by atoms with E-state index in [1.807, 2.05) is 0 Å². The molecule has 1 rings (SSSR count). The van der Waals surface area contributed by atoms with Crippen LogP contribution in [0.25, 0.3) is 0 Å². The predicted octanol–water partition coefficient (Wildman–Crippen LogP) is 1.65. The predicted molar refractivity (Wildman–Crippen MR) is 78.4 cm³/mol. The first-order valence-electron chi connectivity index (χ1n) is 5.96. The van der Waals surface area contributed by atoms with Crippen molar-refractivity contribution in [1.29, 1.82) is 0 Å². The third kappa shape index (κ3) is 6.52. The van der Waals surface area contributed by atoms with Crippen LogP contribution in [0.1, 0.15) is 19.3 Å². The summed E-state index contributed by atoms with van der Waals surface area (Å²) in [5, 5.41) is 2.45. The standard InChI is InChI=1S/C10H16Cl2N3O4P/c11-20(12,13)19-10(18)14-6-2-1-3-7-15-8(16)4-5-9(15)17/h4-5,20H,1-3,6-7,13H2,(H,14,18). The number of carbonyl (C=O) groups excluding carboxylic acids is 3. The summed E-state index contributed by atoms with van der Waals surface area (Å²) in [4.78, 5) is 34.8. The number of nitrogens with zero attached hydrogens (tertiary/aromatic N) is 1. The van der Waals surface area contributed by atoms with E-state index >= 15 is 0 Å². The zero-order valence-electron chi connectivity index (χ0n) is 10.6. The van der Waals surface area contributed by atoms with Crippen LogP contribution in [0.3, 0.4) is 0 Å². The van der Waals surface area contributed by atoms with Gasteiger partial charge in [-0.25, -0.2) is 0 Å². The fraction of sp³-hybridized carbons (Fsp3) is 0.500. The molecule has 0 saturated carbocycles. The van der Waals surface area contributed by atoms with Gasteiger partial charge in [-0.05, 0) is 0 Å². The molecule has 0 fully saturated rings. The Balaban J connectivity index is 2.04. The molecule has 0 radical (unpaired) electrons. The second kappa shape index (κ2) is 7.78. The number of rotatable bonds is 7. The normalized spacial score (nSPS) is 15.7. The third-order valence-corrected chi connectivity index (χ3v) is 3.38. The molecule has 10 heteroatoms. The van der Waals surface area contributed by atoms with E-state index in [0.717, 1.165) is 6.42 Å². The van der Waals surface area contributed by atoms with Crippen LogP contribution < -0.4 is 10.8 Å². The van der Waals surface area contributed by atoms with Crippen molar-refractivity contribution < 1.29 is 18.9 Å². The van der Waals surface area contributed by atoms with Crippen molar-refractivity contribution >= 4 is 46.7 Å². The number of nitrogens with one attached hydrogen (secondary N) is 1. The quantitative estimate of drug-likeness (QED) is 0.415. The zero-order valence-corrected chi connectivity index (χ0v) is 13.1. The van der Waals surface area contributed by atoms with Gasteiger partial charge in [-0.3, -0.25) is 0 Å². The van der Waals surface area contributed by atoms with Crippen LogP contribution in [0, 0.1) is 0 Å². The molecular weight excluding hydrogens is 328 g/mol. The van der Waals surface area contributed by atoms with E-state index in [4.69, 9.17) is 28.0 Å². The summed E-state index contributed by atoms with van der Waals surface area (Å²) < 4.78 is 4.55. The molecule has 1 aliphatic heterocycles. The van der Waals surface area contributed by atoms with Crippen molar-refractivity contribution in [2.24, 2.45) is 5.50 Å². The van der Waals surface area contributed by atoms with E-state index in [2.05, 4.69) is 9.84 Å². The molecule has 0 unspecified atom stereocenters. The topological polar surface area (TPSA) is 102 Å². The SMILES string of the molecule is N[PH](Cl)(Cl)OC(=O)NCCCCCN1C(=O)C=CC1=O. The van der Waals surface area contributed by atoms with Crippen molar-refractivity contribution in [3.63, 3.8) is 0 Å². The molecule has 0 aromatic rings. The number of hydrogen-bond donors (Lipinski definition) is 2. The van der Waals surface area contributed by atoms with Crippen LogP contribution in [0.15, 0.2) is 12.2 Å². The summed E-state index contributed by atoms with van der Waals surface area (Å²) in [7, 11) is 0. The fourth-order valence-electron chi connectivity index (χ4n) is 1.57. The Morgan fingerprint density at radius 3 is 2.40 bits per heavy atom. The van der Waals surface area contributed by atoms with E-state index in [0.29, 0.717) is 25.9 Å². The van der Waals surface area contributed by atoms with E-state index in [1.165, 1.54) is 17.1 Å². The first-order chi connectivity index (χ1) is 9.29. The van der Waals surface area contributed by atoms with Crippen molar-refractivity contribution in [1.82, 2.24) is 10.2 Å². The molecule has 3 N–H and O–H groups in total. The van der Waals surface area contributed by atoms with Crippen molar-refractivity contribution in [2.45, 2.75) is 19.3 Å². The molecule has 7 nitrogen and oxygen atoms in total. The minimum absolute atomic E-state index is 0.287. The maximum atomic E-state index is 11.2. The molecule has 114 valence electrons. The first-order valence-corrected chi connectivity index (χ1v) is 9.97. The molecule has 0 aromatic carbocycles. The Kier molecular flexibility index (Phi) is 6.68. The average molecular weight is 344 g/mol. The second-order valence-electron chi connectivity index (χ2n) is 4.10. The number of imide groups is 1. The first kappa shape index (κ1) is 17.2. The van der Waals surface area contributed by atoms with Gasteiger partial charge in [-0.15, -0.1) is 0 Å². The van der Waals surface area contributed by atoms with E-state index in [9.17, 15) is 14.4 Å². The number of halogens is 2. The van der Waals surface area contributed by atoms with Crippen LogP contribution in [0.2, 0.25) is 0 Å². The summed E-state index contributed by atoms with van der Waals surface area (Å²) in [5.41, 5.74) is 5.20. The number of carbonyl (C=O) groups is 3. The molecule has 0 aromatic heterocycles. The Bertz CT molecular complexity index is 407. The van der Waals surface area contributed by atoms with Gasteiger partial charge < -0.3 is 0 Å². The van der Waals surface area contributed by atoms with Crippen molar-refractivity contribution in [3.05, 3.63) is 12.2 Å². The van der Waals surface area contributed by atoms with Crippen LogP contribution in [-0.2, 0) is 14.1 Å². The molecule has 1 heterocycles. The Hall–Kier alpha value is -0.880. The number of amides is 3. The monoisotopic (exact) mass is 343 g/mol. The molecule has 20 heavy (non-hydrogen) atoms. The minimum atomic E-state index is -3.39. The van der Waals surface area contributed by atoms with Crippen LogP contribution in [0.4, 0.5) is 4.79 Å². The Labute approximate surface area is 126 Å². The summed E-state index contributed by atoms with van der Waals surface area (Å²) in [6.45, 7) is 0.745. The number of nitrogens with two attached hydrogens (primary N) is 1. The molecule has 3 amide bonds. The van der Waals surface area contributed by atoms with Crippen molar-refractivity contribution in [2.75, 3.05) is 13.1 Å². The third-order valence-electron chi connectivity index (χ3n) is 2.46. The van der Waals surface area contributed by atoms with Crippen LogP contribution in [-0.4, -0.2) is 35.9 Å². The molecule has 0 atom stereocenters. The molecule has 0 spiro atoms. The van der Waals surface area contributed by atoms with Crippen LogP contribution in [0.5, 0.6) is 0 Å². The van der Waals surface area contributed by atoms with Gasteiger partial charge in [-0.2, -0.15) is 0 Å². The summed E-state index contributed by atoms with van der Waals surface area (Å²) in [6, 6.07) is 0. The van der Waals surface area contributed by atoms with Gasteiger partial charge in [0.1, 0.15) is 0 Å². The average Bonchev–Trinajstić information content (AvgIpc) is 2.62. The number of hydrogen-bond acceptors (Lipinski definition) is 5. The van der Waals surface area contributed by atoms with Gasteiger partial charge >= 0.3 is 126 Å². The number of unbranched alkanes of at least 4 members (excludes halogenated alkanes) is 2. The summed E-state index contributed by atoms with van der Waals surface area (Å²) in [6.07, 6.45) is 0.438. The van der Waals surface area contributed by atoms with Gasteiger partial charge in [0.25, 0.3) is 0 Å². The van der Waals surface area contributed by atoms with E-state index in [1.54, 1.807) is 0 Å². The van der Waals surface area contributed by atoms with Gasteiger partial charge in [0.15, 0.2) is 0 Å². The van der Waals surface area contributed by atoms with Crippen LogP contribution >= 0.6 is 28.8 Å². The van der Waals surface area contributed by atoms with Crippen molar-refractivity contribution in [3.8, 4) is 0 Å². The van der Waals surface area contributed by atoms with E-state index in [-0.39, 0.29) is 11.8 Å². The molecule has 0 bridgehead atoms. The molecular formula is C10H16Cl2N3O4P. The molecule has 0 saturated heterocycles. The second-order valence-corrected chi connectivity index (χ2v) is 9.38. The fourth-order valence-corrected chi connectivity index (χ4v) is 2.31. The summed E-state index contributed by atoms with van der Waals surface area (Å²) >= 11 is 10.8. The summed E-state index contributed by atoms with van der Waals surface area (Å²) in [5.74, 6) is -0.574. The van der Waals surface area contributed by atoms with Gasteiger partial charge in [0, 0.05) is 0 Å². The van der Waals surface area contributed by atoms with Gasteiger partial charge in [0.05, 0.1) is 0 Å². The molecule has 0 aliphatic carbocycles. The molecule has 1 aliphatic rings. The zero-order chi connectivity index (χ0) is 15.2. The van der Waals surface area contributed by atoms with Gasteiger partial charge in [-0.1, -0.05) is 0 Å². The van der Waals surface area contributed by atoms with E-state index < -0.39 is 12.4 Å².